The Labute approximate surface area is 117 Å². The largest absolute Gasteiger partial charge is 0.381 e. The molecule has 6 heteroatoms. The molecule has 0 aliphatic heterocycles. The molecule has 6 nitrogen and oxygen atoms in total. The number of hydrogen-bond donors (Lipinski definition) is 2. The maximum absolute atomic E-state index is 10.9. The standard InChI is InChI=1S/C14H18N4O2/c1-8-6-14(18(19)20)9(2)5-13(8)15-7-12-10(3)16-17-11(12)4/h5-6,15H,7H2,1-4H3,(H,16,17). The molecule has 2 N–H and O–H groups in total. The Kier molecular flexibility index (Phi) is 3.74. The number of nitrogens with one attached hydrogen (secondary N) is 2. The molecular weight excluding hydrogens is 256 g/mol. The Hall–Kier alpha value is -2.37. The molecule has 1 aromatic carbocycles. The molecule has 0 spiro atoms. The van der Waals surface area contributed by atoms with Crippen molar-refractivity contribution >= 4 is 11.4 Å². The molecule has 0 atom stereocenters. The van der Waals surface area contributed by atoms with E-state index < -0.39 is 0 Å². The van der Waals surface area contributed by atoms with Gasteiger partial charge in [0.25, 0.3) is 5.69 Å². The SMILES string of the molecule is Cc1cc([N+](=O)[O-])c(C)cc1NCc1c(C)n[nH]c1C. The molecule has 20 heavy (non-hydrogen) atoms. The average molecular weight is 274 g/mol. The molecule has 0 aliphatic rings. The van der Waals surface area contributed by atoms with E-state index in [2.05, 4.69) is 15.5 Å². The van der Waals surface area contributed by atoms with Crippen molar-refractivity contribution in [3.05, 3.63) is 50.3 Å². The van der Waals surface area contributed by atoms with Gasteiger partial charge in [0.05, 0.1) is 10.6 Å². The lowest BCUT2D eigenvalue weighted by molar-refractivity contribution is -0.385. The third-order valence-corrected chi connectivity index (χ3v) is 3.48. The van der Waals surface area contributed by atoms with E-state index in [1.54, 1.807) is 13.0 Å². The first-order chi connectivity index (χ1) is 9.40. The lowest BCUT2D eigenvalue weighted by Crippen LogP contribution is -2.04. The van der Waals surface area contributed by atoms with Crippen LogP contribution in [0.2, 0.25) is 0 Å². The highest BCUT2D eigenvalue weighted by molar-refractivity contribution is 5.59. The number of nitro benzene ring substituents is 1. The van der Waals surface area contributed by atoms with Crippen LogP contribution in [-0.4, -0.2) is 15.1 Å². The Balaban J connectivity index is 2.23. The van der Waals surface area contributed by atoms with Gasteiger partial charge in [0.1, 0.15) is 0 Å². The van der Waals surface area contributed by atoms with Crippen molar-refractivity contribution in [2.45, 2.75) is 34.2 Å². The normalized spacial score (nSPS) is 10.6. The number of aromatic nitrogens is 2. The summed E-state index contributed by atoms with van der Waals surface area (Å²) >= 11 is 0. The number of anilines is 1. The van der Waals surface area contributed by atoms with Gasteiger partial charge in [0, 0.05) is 35.1 Å². The summed E-state index contributed by atoms with van der Waals surface area (Å²) in [5.41, 5.74) is 5.71. The van der Waals surface area contributed by atoms with E-state index in [1.807, 2.05) is 26.8 Å². The molecule has 0 saturated carbocycles. The van der Waals surface area contributed by atoms with Crippen molar-refractivity contribution in [1.82, 2.24) is 10.2 Å². The van der Waals surface area contributed by atoms with Crippen LogP contribution in [0.25, 0.3) is 0 Å². The Morgan fingerprint density at radius 2 is 1.95 bits per heavy atom. The van der Waals surface area contributed by atoms with Gasteiger partial charge in [0.2, 0.25) is 0 Å². The molecule has 2 rings (SSSR count). The van der Waals surface area contributed by atoms with Crippen molar-refractivity contribution in [3.63, 3.8) is 0 Å². The van der Waals surface area contributed by atoms with E-state index in [1.165, 1.54) is 0 Å². The molecular formula is C14H18N4O2. The van der Waals surface area contributed by atoms with E-state index in [0.717, 1.165) is 28.2 Å². The molecule has 1 heterocycles. The lowest BCUT2D eigenvalue weighted by Gasteiger charge is -2.11. The van der Waals surface area contributed by atoms with Crippen LogP contribution in [-0.2, 0) is 6.54 Å². The van der Waals surface area contributed by atoms with Crippen molar-refractivity contribution in [2.24, 2.45) is 0 Å². The zero-order valence-corrected chi connectivity index (χ0v) is 12.1. The Morgan fingerprint density at radius 3 is 2.50 bits per heavy atom. The van der Waals surface area contributed by atoms with Gasteiger partial charge in [0.15, 0.2) is 0 Å². The minimum absolute atomic E-state index is 0.156. The molecule has 0 fully saturated rings. The number of H-pyrrole nitrogens is 1. The van der Waals surface area contributed by atoms with Crippen molar-refractivity contribution in [3.8, 4) is 0 Å². The third-order valence-electron chi connectivity index (χ3n) is 3.48. The van der Waals surface area contributed by atoms with Gasteiger partial charge in [-0.15, -0.1) is 0 Å². The van der Waals surface area contributed by atoms with Crippen LogP contribution in [0.15, 0.2) is 12.1 Å². The second-order valence-electron chi connectivity index (χ2n) is 4.98. The smallest absolute Gasteiger partial charge is 0.272 e. The van der Waals surface area contributed by atoms with Gasteiger partial charge in [-0.1, -0.05) is 0 Å². The van der Waals surface area contributed by atoms with E-state index in [-0.39, 0.29) is 10.6 Å². The number of hydrogen-bond acceptors (Lipinski definition) is 4. The molecule has 0 radical (unpaired) electrons. The molecule has 0 saturated heterocycles. The second kappa shape index (κ2) is 5.32. The monoisotopic (exact) mass is 274 g/mol. The van der Waals surface area contributed by atoms with Crippen LogP contribution in [0.1, 0.15) is 28.1 Å². The van der Waals surface area contributed by atoms with Gasteiger partial charge in [-0.2, -0.15) is 5.10 Å². The van der Waals surface area contributed by atoms with Gasteiger partial charge >= 0.3 is 0 Å². The number of nitro groups is 1. The molecule has 0 bridgehead atoms. The van der Waals surface area contributed by atoms with Crippen LogP contribution in [0, 0.1) is 37.8 Å². The summed E-state index contributed by atoms with van der Waals surface area (Å²) in [6, 6.07) is 3.42. The van der Waals surface area contributed by atoms with Crippen LogP contribution in [0.5, 0.6) is 0 Å². The molecule has 0 unspecified atom stereocenters. The van der Waals surface area contributed by atoms with E-state index in [0.29, 0.717) is 12.1 Å². The molecule has 0 aliphatic carbocycles. The van der Waals surface area contributed by atoms with Gasteiger partial charge < -0.3 is 5.32 Å². The average Bonchev–Trinajstić information content (AvgIpc) is 2.69. The van der Waals surface area contributed by atoms with Gasteiger partial charge in [-0.25, -0.2) is 0 Å². The van der Waals surface area contributed by atoms with Crippen LogP contribution in [0.4, 0.5) is 11.4 Å². The first-order valence-corrected chi connectivity index (χ1v) is 6.40. The minimum atomic E-state index is -0.351. The summed E-state index contributed by atoms with van der Waals surface area (Å²) < 4.78 is 0. The first-order valence-electron chi connectivity index (χ1n) is 6.40. The highest BCUT2D eigenvalue weighted by Crippen LogP contribution is 2.26. The number of nitrogens with zero attached hydrogens (tertiary/aromatic N) is 2. The van der Waals surface area contributed by atoms with E-state index in [4.69, 9.17) is 0 Å². The molecule has 1 aromatic heterocycles. The highest BCUT2D eigenvalue weighted by Gasteiger charge is 2.14. The topological polar surface area (TPSA) is 83.8 Å². The quantitative estimate of drug-likeness (QED) is 0.662. The molecule has 0 amide bonds. The molecule has 2 aromatic rings. The summed E-state index contributed by atoms with van der Waals surface area (Å²) in [5, 5.41) is 21.3. The van der Waals surface area contributed by atoms with Gasteiger partial charge in [-0.05, 0) is 39.3 Å². The fraction of sp³-hybridized carbons (Fsp3) is 0.357. The summed E-state index contributed by atoms with van der Waals surface area (Å²) in [5.74, 6) is 0. The highest BCUT2D eigenvalue weighted by atomic mass is 16.6. The number of aryl methyl sites for hydroxylation is 4. The van der Waals surface area contributed by atoms with Gasteiger partial charge in [-0.3, -0.25) is 15.2 Å². The summed E-state index contributed by atoms with van der Waals surface area (Å²) in [6.07, 6.45) is 0. The summed E-state index contributed by atoms with van der Waals surface area (Å²) in [4.78, 5) is 10.5. The number of benzene rings is 1. The fourth-order valence-electron chi connectivity index (χ4n) is 2.21. The van der Waals surface area contributed by atoms with Crippen LogP contribution < -0.4 is 5.32 Å². The predicted molar refractivity (Wildman–Crippen MR) is 78.0 cm³/mol. The third kappa shape index (κ3) is 2.64. The number of aromatic amines is 1. The lowest BCUT2D eigenvalue weighted by atomic mass is 10.1. The van der Waals surface area contributed by atoms with Crippen molar-refractivity contribution in [2.75, 3.05) is 5.32 Å². The summed E-state index contributed by atoms with van der Waals surface area (Å²) in [6.45, 7) is 8.19. The predicted octanol–water partition coefficient (Wildman–Crippen LogP) is 3.16. The maximum atomic E-state index is 10.9. The van der Waals surface area contributed by atoms with Crippen LogP contribution in [0.3, 0.4) is 0 Å². The fourth-order valence-corrected chi connectivity index (χ4v) is 2.21. The van der Waals surface area contributed by atoms with Crippen molar-refractivity contribution in [1.29, 1.82) is 0 Å². The van der Waals surface area contributed by atoms with Crippen LogP contribution >= 0.6 is 0 Å². The Bertz CT molecular complexity index is 642. The summed E-state index contributed by atoms with van der Waals surface area (Å²) in [7, 11) is 0. The Morgan fingerprint density at radius 1 is 1.25 bits per heavy atom. The molecule has 106 valence electrons. The maximum Gasteiger partial charge on any atom is 0.272 e. The minimum Gasteiger partial charge on any atom is -0.381 e. The zero-order valence-electron chi connectivity index (χ0n) is 12.1. The first kappa shape index (κ1) is 14.0. The zero-order chi connectivity index (χ0) is 14.9. The van der Waals surface area contributed by atoms with Crippen molar-refractivity contribution < 1.29 is 4.92 Å². The number of rotatable bonds is 4. The second-order valence-corrected chi connectivity index (χ2v) is 4.98. The van der Waals surface area contributed by atoms with E-state index in [9.17, 15) is 10.1 Å². The van der Waals surface area contributed by atoms with E-state index >= 15 is 0 Å².